The molecule has 1 fully saturated rings. The van der Waals surface area contributed by atoms with Crippen molar-refractivity contribution in [2.24, 2.45) is 0 Å². The molecule has 9 nitrogen and oxygen atoms in total. The first-order valence-electron chi connectivity index (χ1n) is 10.9. The first kappa shape index (κ1) is 22.0. The van der Waals surface area contributed by atoms with Crippen LogP contribution < -0.4 is 15.1 Å². The molecule has 0 bridgehead atoms. The normalized spacial score (nSPS) is 18.4. The molecule has 0 radical (unpaired) electrons. The summed E-state index contributed by atoms with van der Waals surface area (Å²) in [7, 11) is 0. The minimum absolute atomic E-state index is 0.232. The van der Waals surface area contributed by atoms with Crippen molar-refractivity contribution in [2.45, 2.75) is 18.4 Å². The van der Waals surface area contributed by atoms with Gasteiger partial charge in [0.2, 0.25) is 0 Å². The Hall–Kier alpha value is -4.45. The summed E-state index contributed by atoms with van der Waals surface area (Å²) in [5.74, 6) is 0.887. The summed E-state index contributed by atoms with van der Waals surface area (Å²) in [6.07, 6.45) is -3.26. The molecule has 0 saturated carbocycles. The van der Waals surface area contributed by atoms with E-state index in [2.05, 4.69) is 20.3 Å². The summed E-state index contributed by atoms with van der Waals surface area (Å²) in [4.78, 5) is 29.2. The number of oxazole rings is 1. The molecule has 0 aliphatic carbocycles. The number of aliphatic hydroxyl groups excluding tert-OH is 1. The highest BCUT2D eigenvalue weighted by Crippen LogP contribution is 2.45. The van der Waals surface area contributed by atoms with Crippen LogP contribution in [0.3, 0.4) is 0 Å². The lowest BCUT2D eigenvalue weighted by Gasteiger charge is -2.44. The summed E-state index contributed by atoms with van der Waals surface area (Å²) in [6.45, 7) is 0.297. The van der Waals surface area contributed by atoms with Gasteiger partial charge >= 0.3 is 12.2 Å². The average Bonchev–Trinajstić information content (AvgIpc) is 3.48. The van der Waals surface area contributed by atoms with Gasteiger partial charge in [-0.2, -0.15) is 13.2 Å². The molecular formula is C24H17F3N6O3. The second-order valence-electron chi connectivity index (χ2n) is 8.33. The first-order valence-corrected chi connectivity index (χ1v) is 10.9. The summed E-state index contributed by atoms with van der Waals surface area (Å²) >= 11 is 0. The van der Waals surface area contributed by atoms with Gasteiger partial charge in [0.25, 0.3) is 0 Å². The van der Waals surface area contributed by atoms with Gasteiger partial charge in [-0.1, -0.05) is 18.2 Å². The molecule has 1 aromatic carbocycles. The molecule has 4 aromatic rings. The molecule has 36 heavy (non-hydrogen) atoms. The number of nitrogens with one attached hydrogen (secondary N) is 1. The van der Waals surface area contributed by atoms with Crippen molar-refractivity contribution in [3.8, 4) is 22.7 Å². The number of hydrogen-bond donors (Lipinski definition) is 2. The van der Waals surface area contributed by atoms with Gasteiger partial charge < -0.3 is 14.4 Å². The van der Waals surface area contributed by atoms with Crippen LogP contribution in [0.5, 0.6) is 0 Å². The third-order valence-corrected chi connectivity index (χ3v) is 6.08. The second-order valence-corrected chi connectivity index (χ2v) is 8.33. The first-order chi connectivity index (χ1) is 17.3. The van der Waals surface area contributed by atoms with E-state index in [-0.39, 0.29) is 22.9 Å². The molecule has 6 rings (SSSR count). The van der Waals surface area contributed by atoms with Crippen LogP contribution in [0.15, 0.2) is 71.6 Å². The van der Waals surface area contributed by atoms with E-state index in [0.717, 1.165) is 12.1 Å². The van der Waals surface area contributed by atoms with Crippen molar-refractivity contribution >= 4 is 23.4 Å². The number of fused-ring (bicyclic) bond motifs is 3. The Morgan fingerprint density at radius 3 is 2.67 bits per heavy atom. The maximum atomic E-state index is 13.4. The molecule has 1 saturated heterocycles. The predicted octanol–water partition coefficient (Wildman–Crippen LogP) is 4.38. The van der Waals surface area contributed by atoms with E-state index in [1.165, 1.54) is 29.6 Å². The molecule has 2 N–H and O–H groups in total. The molecule has 2 amide bonds. The van der Waals surface area contributed by atoms with Crippen LogP contribution in [0, 0.1) is 0 Å². The highest BCUT2D eigenvalue weighted by atomic mass is 19.4. The van der Waals surface area contributed by atoms with E-state index >= 15 is 0 Å². The Morgan fingerprint density at radius 2 is 1.92 bits per heavy atom. The van der Waals surface area contributed by atoms with E-state index in [0.29, 0.717) is 23.7 Å². The van der Waals surface area contributed by atoms with E-state index < -0.39 is 30.0 Å². The van der Waals surface area contributed by atoms with Crippen LogP contribution in [0.4, 0.5) is 35.3 Å². The third-order valence-electron chi connectivity index (χ3n) is 6.08. The number of benzene rings is 1. The predicted molar refractivity (Wildman–Crippen MR) is 123 cm³/mol. The fourth-order valence-corrected chi connectivity index (χ4v) is 4.38. The maximum absolute atomic E-state index is 13.4. The number of nitrogens with zero attached hydrogens (tertiary/aromatic N) is 5. The number of pyridine rings is 2. The largest absolute Gasteiger partial charge is 0.442 e. The summed E-state index contributed by atoms with van der Waals surface area (Å²) in [5, 5.41) is 13.1. The van der Waals surface area contributed by atoms with Crippen LogP contribution in [0.25, 0.3) is 22.7 Å². The topological polar surface area (TPSA) is 108 Å². The van der Waals surface area contributed by atoms with Crippen molar-refractivity contribution in [1.29, 1.82) is 0 Å². The number of hydrogen-bond acceptors (Lipinski definition) is 7. The number of anilines is 3. The number of alkyl halides is 3. The van der Waals surface area contributed by atoms with Gasteiger partial charge in [-0.3, -0.25) is 10.2 Å². The molecule has 2 aliphatic rings. The zero-order chi connectivity index (χ0) is 25.0. The molecule has 2 unspecified atom stereocenters. The van der Waals surface area contributed by atoms with Crippen LogP contribution in [0.1, 0.15) is 5.56 Å². The van der Waals surface area contributed by atoms with Gasteiger partial charge in [0.15, 0.2) is 18.0 Å². The zero-order valence-corrected chi connectivity index (χ0v) is 18.3. The van der Waals surface area contributed by atoms with Gasteiger partial charge in [0, 0.05) is 5.56 Å². The molecule has 2 atom stereocenters. The van der Waals surface area contributed by atoms with Crippen LogP contribution >= 0.6 is 0 Å². The Balaban J connectivity index is 1.34. The molecule has 3 aromatic heterocycles. The maximum Gasteiger partial charge on any atom is 0.416 e. The molecule has 12 heteroatoms. The van der Waals surface area contributed by atoms with Crippen LogP contribution in [-0.4, -0.2) is 44.9 Å². The molecule has 5 heterocycles. The fraction of sp³-hybridized carbons (Fsp3) is 0.167. The van der Waals surface area contributed by atoms with Gasteiger partial charge in [-0.05, 0) is 36.4 Å². The lowest BCUT2D eigenvalue weighted by atomic mass is 10.1. The van der Waals surface area contributed by atoms with E-state index in [1.807, 2.05) is 0 Å². The standard InChI is InChI=1S/C24H17F3N6O3/c25-24(26,27)14-4-1-3-13(9-14)15-7-8-17-21(30-15)33(22-18(34)11-32(17)22)23(35)31-20-6-2-5-16(29-20)19-10-28-12-36-19/h1-10,12,18,22,34H,11H2,(H,29,31,35). The van der Waals surface area contributed by atoms with Gasteiger partial charge in [0.1, 0.15) is 23.8 Å². The number of aromatic nitrogens is 3. The van der Waals surface area contributed by atoms with E-state index in [4.69, 9.17) is 4.42 Å². The van der Waals surface area contributed by atoms with E-state index in [1.54, 1.807) is 35.2 Å². The highest BCUT2D eigenvalue weighted by molar-refractivity contribution is 6.06. The Morgan fingerprint density at radius 1 is 1.08 bits per heavy atom. The quantitative estimate of drug-likeness (QED) is 0.435. The van der Waals surface area contributed by atoms with Crippen molar-refractivity contribution in [3.63, 3.8) is 0 Å². The number of amides is 2. The number of halogens is 3. The minimum Gasteiger partial charge on any atom is -0.442 e. The Bertz CT molecular complexity index is 1460. The minimum atomic E-state index is -4.50. The summed E-state index contributed by atoms with van der Waals surface area (Å²) in [6, 6.07) is 12.5. The molecule has 182 valence electrons. The zero-order valence-electron chi connectivity index (χ0n) is 18.3. The van der Waals surface area contributed by atoms with Crippen molar-refractivity contribution in [1.82, 2.24) is 15.0 Å². The molecule has 2 aliphatic heterocycles. The van der Waals surface area contributed by atoms with Gasteiger partial charge in [0.05, 0.1) is 29.7 Å². The van der Waals surface area contributed by atoms with Crippen LogP contribution in [-0.2, 0) is 6.18 Å². The van der Waals surface area contributed by atoms with Crippen molar-refractivity contribution in [2.75, 3.05) is 21.7 Å². The number of carbonyl (C=O) groups excluding carboxylic acids is 1. The monoisotopic (exact) mass is 494 g/mol. The summed E-state index contributed by atoms with van der Waals surface area (Å²) in [5.41, 5.74) is 0.778. The Kier molecular flexibility index (Phi) is 4.93. The lowest BCUT2D eigenvalue weighted by Crippen LogP contribution is -2.66. The smallest absolute Gasteiger partial charge is 0.416 e. The van der Waals surface area contributed by atoms with Crippen LogP contribution in [0.2, 0.25) is 0 Å². The third kappa shape index (κ3) is 3.62. The van der Waals surface area contributed by atoms with Gasteiger partial charge in [-0.25, -0.2) is 19.7 Å². The fourth-order valence-electron chi connectivity index (χ4n) is 4.38. The van der Waals surface area contributed by atoms with E-state index in [9.17, 15) is 23.1 Å². The van der Waals surface area contributed by atoms with Crippen molar-refractivity contribution < 1.29 is 27.5 Å². The number of aliphatic hydroxyl groups is 1. The van der Waals surface area contributed by atoms with Crippen molar-refractivity contribution in [3.05, 3.63) is 72.8 Å². The number of carbonyl (C=O) groups is 1. The number of rotatable bonds is 3. The second kappa shape index (κ2) is 8.05. The number of urea groups is 1. The lowest BCUT2D eigenvalue weighted by molar-refractivity contribution is -0.137. The average molecular weight is 494 g/mol. The molecular weight excluding hydrogens is 477 g/mol. The SMILES string of the molecule is O=C(Nc1cccc(-c2cnco2)n1)N1c2nc(-c3cccc(C(F)(F)F)c3)ccc2N2CC(O)C21. The molecule has 0 spiro atoms. The van der Waals surface area contributed by atoms with Gasteiger partial charge in [-0.15, -0.1) is 0 Å². The Labute approximate surface area is 201 Å². The highest BCUT2D eigenvalue weighted by Gasteiger charge is 2.52. The summed E-state index contributed by atoms with van der Waals surface area (Å²) < 4.78 is 44.9.